The average Bonchev–Trinajstić information content (AvgIpc) is 3.06. The molecule has 0 saturated heterocycles. The molecule has 27 heavy (non-hydrogen) atoms. The molecule has 2 bridgehead atoms. The maximum atomic E-state index is 13.0. The number of hydrogen-bond donors (Lipinski definition) is 0. The first-order valence-electron chi connectivity index (χ1n) is 10.0. The van der Waals surface area contributed by atoms with Crippen LogP contribution in [-0.4, -0.2) is 27.0 Å². The molecule has 3 saturated carbocycles. The van der Waals surface area contributed by atoms with Crippen molar-refractivity contribution >= 4 is 17.5 Å². The summed E-state index contributed by atoms with van der Waals surface area (Å²) in [7, 11) is 0. The molecule has 6 heteroatoms. The third-order valence-corrected chi connectivity index (χ3v) is 6.74. The van der Waals surface area contributed by atoms with Gasteiger partial charge in [0.15, 0.2) is 0 Å². The Morgan fingerprint density at radius 1 is 1.11 bits per heavy atom. The Labute approximate surface area is 164 Å². The van der Waals surface area contributed by atoms with E-state index < -0.39 is 0 Å². The molecule has 3 aliphatic carbocycles. The van der Waals surface area contributed by atoms with Crippen molar-refractivity contribution in [1.29, 1.82) is 0 Å². The number of halogens is 1. The summed E-state index contributed by atoms with van der Waals surface area (Å²) in [5.74, 6) is 3.48. The summed E-state index contributed by atoms with van der Waals surface area (Å²) in [5.41, 5.74) is 0.837. The van der Waals surface area contributed by atoms with Crippen LogP contribution in [0.5, 0.6) is 0 Å². The van der Waals surface area contributed by atoms with Gasteiger partial charge in [-0.2, -0.15) is 0 Å². The first-order valence-corrected chi connectivity index (χ1v) is 10.4. The SMILES string of the molecule is O=C(C[C@H]1C[C@H]2CC[C@H]1C2)N(Cc1nnc(-c2ccc(Cl)cc2)o1)C1CC1. The lowest BCUT2D eigenvalue weighted by Crippen LogP contribution is -2.34. The lowest BCUT2D eigenvalue weighted by molar-refractivity contribution is -0.134. The molecule has 0 radical (unpaired) electrons. The molecule has 0 N–H and O–H groups in total. The average molecular weight is 386 g/mol. The number of aromatic nitrogens is 2. The lowest BCUT2D eigenvalue weighted by Gasteiger charge is -2.26. The van der Waals surface area contributed by atoms with E-state index in [2.05, 4.69) is 10.2 Å². The topological polar surface area (TPSA) is 59.2 Å². The number of rotatable bonds is 6. The zero-order chi connectivity index (χ0) is 18.4. The van der Waals surface area contributed by atoms with Crippen LogP contribution in [0.2, 0.25) is 5.02 Å². The monoisotopic (exact) mass is 385 g/mol. The van der Waals surface area contributed by atoms with E-state index in [1.807, 2.05) is 17.0 Å². The van der Waals surface area contributed by atoms with Crippen molar-refractivity contribution in [2.75, 3.05) is 0 Å². The van der Waals surface area contributed by atoms with Gasteiger partial charge in [-0.25, -0.2) is 0 Å². The van der Waals surface area contributed by atoms with Crippen LogP contribution >= 0.6 is 11.6 Å². The smallest absolute Gasteiger partial charge is 0.247 e. The van der Waals surface area contributed by atoms with Crippen LogP contribution in [-0.2, 0) is 11.3 Å². The predicted molar refractivity (Wildman–Crippen MR) is 102 cm³/mol. The molecule has 3 atom stereocenters. The third-order valence-electron chi connectivity index (χ3n) is 6.49. The summed E-state index contributed by atoms with van der Waals surface area (Å²) < 4.78 is 5.83. The van der Waals surface area contributed by atoms with Crippen molar-refractivity contribution in [1.82, 2.24) is 15.1 Å². The fraction of sp³-hybridized carbons (Fsp3) is 0.571. The summed E-state index contributed by atoms with van der Waals surface area (Å²) >= 11 is 5.93. The Bertz CT molecular complexity index is 830. The molecule has 1 aromatic heterocycles. The number of benzene rings is 1. The van der Waals surface area contributed by atoms with Gasteiger partial charge in [0.1, 0.15) is 0 Å². The van der Waals surface area contributed by atoms with Gasteiger partial charge in [0.25, 0.3) is 0 Å². The van der Waals surface area contributed by atoms with Crippen LogP contribution in [0.25, 0.3) is 11.5 Å². The van der Waals surface area contributed by atoms with Gasteiger partial charge in [0, 0.05) is 23.0 Å². The van der Waals surface area contributed by atoms with Crippen LogP contribution in [0.4, 0.5) is 0 Å². The zero-order valence-electron chi connectivity index (χ0n) is 15.3. The van der Waals surface area contributed by atoms with Gasteiger partial charge >= 0.3 is 0 Å². The second kappa shape index (κ2) is 6.93. The molecule has 2 aromatic rings. The number of amides is 1. The van der Waals surface area contributed by atoms with Crippen molar-refractivity contribution in [2.45, 2.75) is 57.5 Å². The largest absolute Gasteiger partial charge is 0.419 e. The molecular formula is C21H24ClN3O2. The molecule has 0 spiro atoms. The molecule has 1 heterocycles. The Kier molecular flexibility index (Phi) is 4.43. The van der Waals surface area contributed by atoms with Crippen LogP contribution in [0.3, 0.4) is 0 Å². The van der Waals surface area contributed by atoms with E-state index in [9.17, 15) is 4.79 Å². The predicted octanol–water partition coefficient (Wildman–Crippen LogP) is 4.71. The Hall–Kier alpha value is -1.88. The lowest BCUT2D eigenvalue weighted by atomic mass is 9.86. The highest BCUT2D eigenvalue weighted by molar-refractivity contribution is 6.30. The summed E-state index contributed by atoms with van der Waals surface area (Å²) in [6.45, 7) is 0.422. The molecule has 1 amide bonds. The molecule has 142 valence electrons. The minimum absolute atomic E-state index is 0.265. The highest BCUT2D eigenvalue weighted by Gasteiger charge is 2.42. The Morgan fingerprint density at radius 2 is 1.93 bits per heavy atom. The molecule has 0 unspecified atom stereocenters. The summed E-state index contributed by atoms with van der Waals surface area (Å²) in [6, 6.07) is 7.67. The Morgan fingerprint density at radius 3 is 2.59 bits per heavy atom. The number of carbonyl (C=O) groups is 1. The second-order valence-corrected chi connectivity index (χ2v) is 8.84. The van der Waals surface area contributed by atoms with Crippen molar-refractivity contribution in [3.63, 3.8) is 0 Å². The minimum atomic E-state index is 0.265. The zero-order valence-corrected chi connectivity index (χ0v) is 16.1. The summed E-state index contributed by atoms with van der Waals surface area (Å²) in [5, 5.41) is 8.99. The van der Waals surface area contributed by atoms with Gasteiger partial charge in [-0.05, 0) is 74.1 Å². The van der Waals surface area contributed by atoms with Gasteiger partial charge in [-0.1, -0.05) is 18.0 Å². The van der Waals surface area contributed by atoms with Crippen molar-refractivity contribution in [3.8, 4) is 11.5 Å². The van der Waals surface area contributed by atoms with E-state index in [0.29, 0.717) is 41.7 Å². The van der Waals surface area contributed by atoms with Gasteiger partial charge in [0.05, 0.1) is 6.54 Å². The quantitative estimate of drug-likeness (QED) is 0.722. The number of hydrogen-bond acceptors (Lipinski definition) is 4. The maximum absolute atomic E-state index is 13.0. The molecular weight excluding hydrogens is 362 g/mol. The van der Waals surface area contributed by atoms with Gasteiger partial charge in [-0.3, -0.25) is 4.79 Å². The van der Waals surface area contributed by atoms with Crippen LogP contribution in [0.15, 0.2) is 28.7 Å². The van der Waals surface area contributed by atoms with Gasteiger partial charge in [0.2, 0.25) is 17.7 Å². The summed E-state index contributed by atoms with van der Waals surface area (Å²) in [4.78, 5) is 15.0. The standard InChI is InChI=1S/C21H24ClN3O2/c22-17-5-3-14(4-6-17)21-24-23-19(27-21)12-25(18-7-8-18)20(26)11-16-10-13-1-2-15(16)9-13/h3-6,13,15-16,18H,1-2,7-12H2/t13-,15-,16+/m0/s1. The minimum Gasteiger partial charge on any atom is -0.419 e. The highest BCUT2D eigenvalue weighted by atomic mass is 35.5. The number of nitrogens with zero attached hydrogens (tertiary/aromatic N) is 3. The highest BCUT2D eigenvalue weighted by Crippen LogP contribution is 2.50. The first-order chi connectivity index (χ1) is 13.2. The molecule has 1 aromatic carbocycles. The van der Waals surface area contributed by atoms with Crippen LogP contribution < -0.4 is 0 Å². The van der Waals surface area contributed by atoms with E-state index in [1.165, 1.54) is 25.7 Å². The van der Waals surface area contributed by atoms with E-state index in [-0.39, 0.29) is 5.91 Å². The van der Waals surface area contributed by atoms with E-state index in [1.54, 1.807) is 12.1 Å². The molecule has 5 rings (SSSR count). The van der Waals surface area contributed by atoms with Gasteiger partial charge in [-0.15, -0.1) is 10.2 Å². The normalized spacial score (nSPS) is 26.5. The maximum Gasteiger partial charge on any atom is 0.247 e. The van der Waals surface area contributed by atoms with Crippen LogP contribution in [0.1, 0.15) is 50.8 Å². The summed E-state index contributed by atoms with van der Waals surface area (Å²) in [6.07, 6.45) is 8.14. The first kappa shape index (κ1) is 17.2. The van der Waals surface area contributed by atoms with Gasteiger partial charge < -0.3 is 9.32 Å². The second-order valence-electron chi connectivity index (χ2n) is 8.40. The Balaban J connectivity index is 1.26. The molecule has 3 fully saturated rings. The van der Waals surface area contributed by atoms with Crippen molar-refractivity contribution < 1.29 is 9.21 Å². The van der Waals surface area contributed by atoms with E-state index in [0.717, 1.165) is 30.2 Å². The fourth-order valence-electron chi connectivity index (χ4n) is 4.95. The van der Waals surface area contributed by atoms with Crippen LogP contribution in [0, 0.1) is 17.8 Å². The third kappa shape index (κ3) is 3.62. The number of fused-ring (bicyclic) bond motifs is 2. The number of carbonyl (C=O) groups excluding carboxylic acids is 1. The van der Waals surface area contributed by atoms with E-state index in [4.69, 9.17) is 16.0 Å². The molecule has 0 aliphatic heterocycles. The molecule has 3 aliphatic rings. The fourth-order valence-corrected chi connectivity index (χ4v) is 5.07. The van der Waals surface area contributed by atoms with Crippen molar-refractivity contribution in [3.05, 3.63) is 35.2 Å². The molecule has 5 nitrogen and oxygen atoms in total. The van der Waals surface area contributed by atoms with Crippen molar-refractivity contribution in [2.24, 2.45) is 17.8 Å². The van der Waals surface area contributed by atoms with E-state index >= 15 is 0 Å².